The summed E-state index contributed by atoms with van der Waals surface area (Å²) in [6.07, 6.45) is 4.78. The van der Waals surface area contributed by atoms with E-state index in [1.54, 1.807) is 0 Å². The molecule has 0 aliphatic carbocycles. The van der Waals surface area contributed by atoms with E-state index in [0.717, 1.165) is 12.4 Å². The van der Waals surface area contributed by atoms with Crippen LogP contribution in [0.5, 0.6) is 5.75 Å². The van der Waals surface area contributed by atoms with Crippen molar-refractivity contribution in [1.29, 1.82) is 0 Å². The molecule has 1 unspecified atom stereocenters. The number of hydrogen-bond acceptors (Lipinski definition) is 2. The van der Waals surface area contributed by atoms with E-state index in [9.17, 15) is 0 Å². The number of rotatable bonds is 2. The maximum atomic E-state index is 5.89. The van der Waals surface area contributed by atoms with E-state index >= 15 is 0 Å². The van der Waals surface area contributed by atoms with Gasteiger partial charge in [-0.2, -0.15) is 0 Å². The lowest BCUT2D eigenvalue weighted by molar-refractivity contribution is 0.157. The van der Waals surface area contributed by atoms with Gasteiger partial charge in [0.15, 0.2) is 0 Å². The fourth-order valence-corrected chi connectivity index (χ4v) is 2.91. The van der Waals surface area contributed by atoms with Crippen LogP contribution in [0.3, 0.4) is 0 Å². The predicted octanol–water partition coefficient (Wildman–Crippen LogP) is 3.37. The first-order valence-electron chi connectivity index (χ1n) is 6.56. The van der Waals surface area contributed by atoms with Gasteiger partial charge in [-0.25, -0.2) is 0 Å². The minimum atomic E-state index is 0. The zero-order valence-electron chi connectivity index (χ0n) is 10.8. The monoisotopic (exact) mass is 265 g/mol. The van der Waals surface area contributed by atoms with Crippen molar-refractivity contribution in [2.75, 3.05) is 19.7 Å². The third-order valence-electron chi connectivity index (χ3n) is 3.69. The molecule has 0 amide bonds. The van der Waals surface area contributed by atoms with Crippen molar-refractivity contribution in [1.82, 2.24) is 4.90 Å². The average molecular weight is 266 g/mol. The van der Waals surface area contributed by atoms with Crippen LogP contribution in [0, 0.1) is 0 Å². The average Bonchev–Trinajstić information content (AvgIpc) is 2.39. The molecule has 3 heteroatoms. The molecular formula is C15H20ClNO. The smallest absolute Gasteiger partial charge is 0.126 e. The van der Waals surface area contributed by atoms with Gasteiger partial charge >= 0.3 is 0 Å². The highest BCUT2D eigenvalue weighted by Gasteiger charge is 2.31. The van der Waals surface area contributed by atoms with Gasteiger partial charge in [0, 0.05) is 12.1 Å². The molecule has 0 saturated carbocycles. The van der Waals surface area contributed by atoms with Gasteiger partial charge in [0.25, 0.3) is 0 Å². The first-order valence-corrected chi connectivity index (χ1v) is 6.56. The highest BCUT2D eigenvalue weighted by molar-refractivity contribution is 5.85. The quantitative estimate of drug-likeness (QED) is 0.813. The highest BCUT2D eigenvalue weighted by Crippen LogP contribution is 2.37. The second-order valence-corrected chi connectivity index (χ2v) is 4.81. The zero-order valence-corrected chi connectivity index (χ0v) is 11.6. The molecule has 0 N–H and O–H groups in total. The highest BCUT2D eigenvalue weighted by atomic mass is 35.5. The summed E-state index contributed by atoms with van der Waals surface area (Å²) in [7, 11) is 0. The molecule has 18 heavy (non-hydrogen) atoms. The lowest BCUT2D eigenvalue weighted by Gasteiger charge is -2.39. The van der Waals surface area contributed by atoms with Gasteiger partial charge in [0.2, 0.25) is 0 Å². The van der Waals surface area contributed by atoms with Gasteiger partial charge in [0.05, 0.1) is 6.04 Å². The van der Waals surface area contributed by atoms with Crippen LogP contribution in [0.15, 0.2) is 30.3 Å². The lowest BCUT2D eigenvalue weighted by atomic mass is 9.91. The molecule has 0 spiro atoms. The number of benzene rings is 1. The zero-order chi connectivity index (χ0) is 11.7. The van der Waals surface area contributed by atoms with E-state index < -0.39 is 0 Å². The Morgan fingerprint density at radius 3 is 3.00 bits per heavy atom. The molecule has 2 heterocycles. The maximum Gasteiger partial charge on any atom is 0.126 e. The van der Waals surface area contributed by atoms with Crippen LogP contribution < -0.4 is 4.74 Å². The largest absolute Gasteiger partial charge is 0.491 e. The number of ether oxygens (including phenoxy) is 1. The Hall–Kier alpha value is -0.990. The molecule has 0 bridgehead atoms. The molecule has 0 aromatic heterocycles. The van der Waals surface area contributed by atoms with E-state index in [1.807, 2.05) is 6.07 Å². The summed E-state index contributed by atoms with van der Waals surface area (Å²) < 4.78 is 5.89. The van der Waals surface area contributed by atoms with Crippen LogP contribution in [-0.4, -0.2) is 30.6 Å². The topological polar surface area (TPSA) is 12.5 Å². The van der Waals surface area contributed by atoms with Gasteiger partial charge in [-0.3, -0.25) is 4.90 Å². The van der Waals surface area contributed by atoms with Gasteiger partial charge in [0.1, 0.15) is 12.4 Å². The van der Waals surface area contributed by atoms with Crippen LogP contribution in [-0.2, 0) is 0 Å². The normalized spacial score (nSPS) is 22.1. The van der Waals surface area contributed by atoms with Crippen LogP contribution >= 0.6 is 12.4 Å². The summed E-state index contributed by atoms with van der Waals surface area (Å²) in [6.45, 7) is 5.40. The van der Waals surface area contributed by atoms with Crippen LogP contribution in [0.4, 0.5) is 0 Å². The molecule has 3 rings (SSSR count). The van der Waals surface area contributed by atoms with Crippen molar-refractivity contribution in [3.63, 3.8) is 0 Å². The Bertz CT molecular complexity index is 444. The molecule has 1 aromatic rings. The van der Waals surface area contributed by atoms with Gasteiger partial charge in [-0.05, 0) is 31.0 Å². The van der Waals surface area contributed by atoms with Crippen LogP contribution in [0.1, 0.15) is 25.3 Å². The van der Waals surface area contributed by atoms with Crippen molar-refractivity contribution < 1.29 is 4.74 Å². The van der Waals surface area contributed by atoms with Crippen LogP contribution in [0.25, 0.3) is 5.57 Å². The van der Waals surface area contributed by atoms with Crippen molar-refractivity contribution in [2.45, 2.75) is 25.8 Å². The van der Waals surface area contributed by atoms with E-state index in [1.165, 1.54) is 37.1 Å². The summed E-state index contributed by atoms with van der Waals surface area (Å²) in [5.74, 6) is 1.05. The van der Waals surface area contributed by atoms with Crippen molar-refractivity contribution >= 4 is 18.0 Å². The van der Waals surface area contributed by atoms with Crippen molar-refractivity contribution in [3.8, 4) is 5.75 Å². The number of nitrogens with zero attached hydrogens (tertiary/aromatic N) is 1. The minimum Gasteiger partial charge on any atom is -0.491 e. The number of halogens is 1. The molecule has 0 radical (unpaired) electrons. The van der Waals surface area contributed by atoms with E-state index in [4.69, 9.17) is 4.74 Å². The Kier molecular flexibility index (Phi) is 4.31. The van der Waals surface area contributed by atoms with Gasteiger partial charge in [-0.1, -0.05) is 31.2 Å². The van der Waals surface area contributed by atoms with Gasteiger partial charge < -0.3 is 4.74 Å². The molecule has 1 aromatic carbocycles. The Labute approximate surface area is 115 Å². The molecule has 2 nitrogen and oxygen atoms in total. The van der Waals surface area contributed by atoms with Crippen molar-refractivity contribution in [3.05, 3.63) is 35.9 Å². The van der Waals surface area contributed by atoms with E-state index in [2.05, 4.69) is 36.1 Å². The molecule has 0 saturated heterocycles. The van der Waals surface area contributed by atoms with E-state index in [-0.39, 0.29) is 12.4 Å². The minimum absolute atomic E-state index is 0. The van der Waals surface area contributed by atoms with Crippen molar-refractivity contribution in [2.24, 2.45) is 0 Å². The molecule has 2 aliphatic heterocycles. The summed E-state index contributed by atoms with van der Waals surface area (Å²) in [5, 5.41) is 0. The third kappa shape index (κ3) is 2.27. The third-order valence-corrected chi connectivity index (χ3v) is 3.69. The van der Waals surface area contributed by atoms with E-state index in [0.29, 0.717) is 6.04 Å². The Morgan fingerprint density at radius 2 is 2.17 bits per heavy atom. The predicted molar refractivity (Wildman–Crippen MR) is 77.4 cm³/mol. The summed E-state index contributed by atoms with van der Waals surface area (Å²) in [5.41, 5.74) is 2.77. The standard InChI is InChI=1S/C15H19NO.ClH/c1-2-9-16-10-5-7-12-13-6-3-4-8-15(13)17-11-14(12)16;/h3-4,6-8,14H,2,5,9-11H2,1H3;1H. The molecule has 0 fully saturated rings. The first kappa shape index (κ1) is 13.4. The summed E-state index contributed by atoms with van der Waals surface area (Å²) in [4.78, 5) is 2.56. The number of fused-ring (bicyclic) bond motifs is 3. The first-order chi connectivity index (χ1) is 8.40. The SMILES string of the molecule is CCCN1CCC=C2c3ccccc3OCC21.Cl. The number of para-hydroxylation sites is 1. The lowest BCUT2D eigenvalue weighted by Crippen LogP contribution is -2.45. The summed E-state index contributed by atoms with van der Waals surface area (Å²) in [6, 6.07) is 8.88. The maximum absolute atomic E-state index is 5.89. The van der Waals surface area contributed by atoms with Crippen LogP contribution in [0.2, 0.25) is 0 Å². The summed E-state index contributed by atoms with van der Waals surface area (Å²) >= 11 is 0. The Morgan fingerprint density at radius 1 is 1.33 bits per heavy atom. The fraction of sp³-hybridized carbons (Fsp3) is 0.467. The second-order valence-electron chi connectivity index (χ2n) is 4.81. The fourth-order valence-electron chi connectivity index (χ4n) is 2.91. The molecule has 2 aliphatic rings. The second kappa shape index (κ2) is 5.77. The van der Waals surface area contributed by atoms with Gasteiger partial charge in [-0.15, -0.1) is 12.4 Å². The number of hydrogen-bond donors (Lipinski definition) is 0. The Balaban J connectivity index is 0.00000120. The molecular weight excluding hydrogens is 246 g/mol. The molecule has 98 valence electrons. The molecule has 1 atom stereocenters.